The lowest BCUT2D eigenvalue weighted by Crippen LogP contribution is -2.39. The maximum Gasteiger partial charge on any atom is 0.190 e. The maximum atomic E-state index is 5.77. The average Bonchev–Trinajstić information content (AvgIpc) is 2.64. The number of hydrogen-bond donors (Lipinski definition) is 2. The molecule has 5 nitrogen and oxygen atoms in total. The number of rotatable bonds is 9. The first-order valence-electron chi connectivity index (χ1n) is 9.02. The summed E-state index contributed by atoms with van der Waals surface area (Å²) in [7, 11) is 1.81. The molecule has 2 rings (SSSR count). The van der Waals surface area contributed by atoms with Crippen LogP contribution in [0.5, 0.6) is 0 Å². The number of nitrogens with one attached hydrogen (secondary N) is 2. The van der Waals surface area contributed by atoms with Crippen LogP contribution in [0, 0.1) is 5.92 Å². The Morgan fingerprint density at radius 2 is 1.88 bits per heavy atom. The first kappa shape index (κ1) is 22.2. The summed E-state index contributed by atoms with van der Waals surface area (Å²) >= 11 is 0. The molecule has 0 atom stereocenters. The monoisotopic (exact) mass is 461 g/mol. The highest BCUT2D eigenvalue weighted by Crippen LogP contribution is 2.14. The van der Waals surface area contributed by atoms with Gasteiger partial charge in [0.15, 0.2) is 5.96 Å². The van der Waals surface area contributed by atoms with Crippen LogP contribution >= 0.6 is 24.0 Å². The minimum atomic E-state index is 0. The summed E-state index contributed by atoms with van der Waals surface area (Å²) in [5.74, 6) is 1.54. The highest BCUT2D eigenvalue weighted by Gasteiger charge is 2.13. The molecule has 0 bridgehead atoms. The molecule has 0 aliphatic carbocycles. The maximum absolute atomic E-state index is 5.77. The van der Waals surface area contributed by atoms with Crippen molar-refractivity contribution in [2.24, 2.45) is 10.9 Å². The van der Waals surface area contributed by atoms with Crippen LogP contribution in [-0.2, 0) is 15.9 Å². The third-order valence-corrected chi connectivity index (χ3v) is 4.22. The van der Waals surface area contributed by atoms with Gasteiger partial charge in [-0.1, -0.05) is 30.3 Å². The van der Waals surface area contributed by atoms with E-state index in [2.05, 4.69) is 39.9 Å². The molecule has 25 heavy (non-hydrogen) atoms. The third-order valence-electron chi connectivity index (χ3n) is 4.22. The first-order valence-corrected chi connectivity index (χ1v) is 9.02. The van der Waals surface area contributed by atoms with Crippen molar-refractivity contribution < 1.29 is 9.47 Å². The van der Waals surface area contributed by atoms with Crippen molar-refractivity contribution in [3.05, 3.63) is 35.9 Å². The van der Waals surface area contributed by atoms with E-state index in [0.717, 1.165) is 71.2 Å². The topological polar surface area (TPSA) is 54.9 Å². The Hall–Kier alpha value is -0.860. The Balaban J connectivity index is 0.00000312. The van der Waals surface area contributed by atoms with Crippen molar-refractivity contribution in [2.75, 3.05) is 46.6 Å². The fourth-order valence-electron chi connectivity index (χ4n) is 2.73. The number of hydrogen-bond acceptors (Lipinski definition) is 3. The Labute approximate surface area is 169 Å². The Morgan fingerprint density at radius 3 is 2.60 bits per heavy atom. The van der Waals surface area contributed by atoms with Crippen molar-refractivity contribution >= 4 is 29.9 Å². The fourth-order valence-corrected chi connectivity index (χ4v) is 2.73. The molecule has 0 radical (unpaired) electrons. The van der Waals surface area contributed by atoms with Crippen molar-refractivity contribution in [1.29, 1.82) is 0 Å². The van der Waals surface area contributed by atoms with Crippen molar-refractivity contribution in [2.45, 2.75) is 25.7 Å². The van der Waals surface area contributed by atoms with Gasteiger partial charge in [-0.15, -0.1) is 24.0 Å². The highest BCUT2D eigenvalue weighted by molar-refractivity contribution is 14.0. The minimum Gasteiger partial charge on any atom is -0.381 e. The average molecular weight is 461 g/mol. The molecule has 2 N–H and O–H groups in total. The predicted octanol–water partition coefficient (Wildman–Crippen LogP) is 2.85. The number of ether oxygens (including phenoxy) is 2. The van der Waals surface area contributed by atoms with E-state index < -0.39 is 0 Å². The van der Waals surface area contributed by atoms with Crippen LogP contribution < -0.4 is 10.6 Å². The number of nitrogens with zero attached hydrogens (tertiary/aromatic N) is 1. The summed E-state index contributed by atoms with van der Waals surface area (Å²) in [6, 6.07) is 10.5. The summed E-state index contributed by atoms with van der Waals surface area (Å²) in [5, 5.41) is 6.68. The first-order chi connectivity index (χ1) is 11.9. The van der Waals surface area contributed by atoms with E-state index >= 15 is 0 Å². The molecule has 1 aliphatic rings. The largest absolute Gasteiger partial charge is 0.381 e. The summed E-state index contributed by atoms with van der Waals surface area (Å²) in [5.41, 5.74) is 1.34. The van der Waals surface area contributed by atoms with Gasteiger partial charge < -0.3 is 20.1 Å². The molecule has 0 amide bonds. The van der Waals surface area contributed by atoms with Crippen LogP contribution in [0.25, 0.3) is 0 Å². The molecule has 0 saturated carbocycles. The Morgan fingerprint density at radius 1 is 1.16 bits per heavy atom. The van der Waals surface area contributed by atoms with Crippen LogP contribution in [0.3, 0.4) is 0 Å². The molecule has 0 aromatic heterocycles. The molecule has 1 saturated heterocycles. The zero-order chi connectivity index (χ0) is 16.9. The van der Waals surface area contributed by atoms with Gasteiger partial charge >= 0.3 is 0 Å². The lowest BCUT2D eigenvalue weighted by atomic mass is 10.0. The molecule has 142 valence electrons. The fraction of sp³-hybridized carbons (Fsp3) is 0.632. The van der Waals surface area contributed by atoms with Crippen LogP contribution in [0.1, 0.15) is 24.8 Å². The molecule has 0 spiro atoms. The lowest BCUT2D eigenvalue weighted by Gasteiger charge is -2.21. The van der Waals surface area contributed by atoms with Crippen molar-refractivity contribution in [1.82, 2.24) is 10.6 Å². The van der Waals surface area contributed by atoms with Gasteiger partial charge in [0.1, 0.15) is 0 Å². The van der Waals surface area contributed by atoms with E-state index in [4.69, 9.17) is 9.47 Å². The Bertz CT molecular complexity index is 465. The van der Waals surface area contributed by atoms with Crippen LogP contribution in [0.4, 0.5) is 0 Å². The number of halogens is 1. The molecular weight excluding hydrogens is 429 g/mol. The van der Waals surface area contributed by atoms with Crippen LogP contribution in [-0.4, -0.2) is 52.5 Å². The molecular formula is C19H32IN3O2. The second-order valence-electron chi connectivity index (χ2n) is 6.15. The molecule has 1 fully saturated rings. The zero-order valence-electron chi connectivity index (χ0n) is 15.2. The SMILES string of the molecule is CN=C(NCCCOCC1CCOCC1)NCCc1ccccc1.I. The van der Waals surface area contributed by atoms with Crippen LogP contribution in [0.2, 0.25) is 0 Å². The molecule has 0 unspecified atom stereocenters. The second-order valence-corrected chi connectivity index (χ2v) is 6.15. The zero-order valence-corrected chi connectivity index (χ0v) is 17.5. The van der Waals surface area contributed by atoms with Gasteiger partial charge in [0.25, 0.3) is 0 Å². The smallest absolute Gasteiger partial charge is 0.190 e. The van der Waals surface area contributed by atoms with Gasteiger partial charge in [-0.05, 0) is 37.2 Å². The van der Waals surface area contributed by atoms with Crippen molar-refractivity contribution in [3.8, 4) is 0 Å². The van der Waals surface area contributed by atoms with E-state index in [1.807, 2.05) is 6.07 Å². The van der Waals surface area contributed by atoms with E-state index in [9.17, 15) is 0 Å². The summed E-state index contributed by atoms with van der Waals surface area (Å²) in [6.45, 7) is 5.20. The number of aliphatic imine (C=N–C) groups is 1. The van der Waals surface area contributed by atoms with Gasteiger partial charge in [-0.2, -0.15) is 0 Å². The van der Waals surface area contributed by atoms with Gasteiger partial charge in [0.2, 0.25) is 0 Å². The van der Waals surface area contributed by atoms with Gasteiger partial charge in [0, 0.05) is 46.6 Å². The number of guanidine groups is 1. The van der Waals surface area contributed by atoms with Crippen molar-refractivity contribution in [3.63, 3.8) is 0 Å². The number of benzene rings is 1. The minimum absolute atomic E-state index is 0. The predicted molar refractivity (Wildman–Crippen MR) is 114 cm³/mol. The standard InChI is InChI=1S/C19H31N3O2.HI/c1-20-19(22-12-8-17-6-3-2-4-7-17)21-11-5-13-24-16-18-9-14-23-15-10-18;/h2-4,6-7,18H,5,8-16H2,1H3,(H2,20,21,22);1H. The molecule has 6 heteroatoms. The summed E-state index contributed by atoms with van der Waals surface area (Å²) in [4.78, 5) is 4.25. The van der Waals surface area contributed by atoms with Gasteiger partial charge in [-0.3, -0.25) is 4.99 Å². The van der Waals surface area contributed by atoms with Gasteiger partial charge in [0.05, 0.1) is 0 Å². The molecule has 1 aliphatic heterocycles. The van der Waals surface area contributed by atoms with E-state index in [1.165, 1.54) is 5.56 Å². The second kappa shape index (κ2) is 14.3. The quantitative estimate of drug-likeness (QED) is 0.257. The van der Waals surface area contributed by atoms with Gasteiger partial charge in [-0.25, -0.2) is 0 Å². The summed E-state index contributed by atoms with van der Waals surface area (Å²) in [6.07, 6.45) is 4.25. The van der Waals surface area contributed by atoms with E-state index in [1.54, 1.807) is 7.05 Å². The molecule has 1 aromatic carbocycles. The van der Waals surface area contributed by atoms with E-state index in [-0.39, 0.29) is 24.0 Å². The Kier molecular flexibility index (Phi) is 12.7. The van der Waals surface area contributed by atoms with E-state index in [0.29, 0.717) is 5.92 Å². The highest BCUT2D eigenvalue weighted by atomic mass is 127. The normalized spacial score (nSPS) is 15.5. The molecule has 1 aromatic rings. The van der Waals surface area contributed by atoms with Crippen LogP contribution in [0.15, 0.2) is 35.3 Å². The lowest BCUT2D eigenvalue weighted by molar-refractivity contribution is 0.0203. The third kappa shape index (κ3) is 10.0. The molecule has 1 heterocycles. The summed E-state index contributed by atoms with van der Waals surface area (Å²) < 4.78 is 11.1.